The number of hydrogen-bond acceptors (Lipinski definition) is 9. The van der Waals surface area contributed by atoms with Gasteiger partial charge in [0.2, 0.25) is 5.88 Å². The first-order valence-electron chi connectivity index (χ1n) is 13.7. The van der Waals surface area contributed by atoms with Crippen molar-refractivity contribution in [3.63, 3.8) is 0 Å². The largest absolute Gasteiger partial charge is 0.493 e. The molecule has 3 fully saturated rings. The Balaban J connectivity index is 1.14. The summed E-state index contributed by atoms with van der Waals surface area (Å²) in [6.45, 7) is 8.67. The van der Waals surface area contributed by atoms with Crippen LogP contribution in [0.4, 0.5) is 15.8 Å². The Hall–Kier alpha value is -3.52. The zero-order valence-corrected chi connectivity index (χ0v) is 22.2. The molecule has 0 saturated carbocycles. The van der Waals surface area contributed by atoms with Crippen molar-refractivity contribution in [3.8, 4) is 11.9 Å². The number of alkyl halides is 1. The lowest BCUT2D eigenvalue weighted by Gasteiger charge is -2.51. The molecule has 3 aliphatic rings. The number of aromatic nitrogens is 2. The molecule has 0 radical (unpaired) electrons. The predicted molar refractivity (Wildman–Crippen MR) is 150 cm³/mol. The number of anilines is 2. The fourth-order valence-corrected chi connectivity index (χ4v) is 6.43. The highest BCUT2D eigenvalue weighted by atomic mass is 19.1. The zero-order valence-electron chi connectivity index (χ0n) is 22.2. The topological polar surface area (TPSA) is 109 Å². The minimum absolute atomic E-state index is 0.0782. The zero-order chi connectivity index (χ0) is 27.1. The molecule has 0 bridgehead atoms. The second kappa shape index (κ2) is 10.6. The summed E-state index contributed by atoms with van der Waals surface area (Å²) in [5.74, 6) is -0.0782. The van der Waals surface area contributed by atoms with E-state index in [1.54, 1.807) is 12.1 Å². The fraction of sp³-hybridized carbons (Fsp3) is 0.483. The number of rotatable bonds is 5. The van der Waals surface area contributed by atoms with E-state index in [9.17, 15) is 14.8 Å². The van der Waals surface area contributed by atoms with E-state index in [2.05, 4.69) is 49.7 Å². The van der Waals surface area contributed by atoms with Crippen molar-refractivity contribution in [2.45, 2.75) is 37.6 Å². The van der Waals surface area contributed by atoms with Gasteiger partial charge in [-0.15, -0.1) is 0 Å². The number of fused-ring (bicyclic) bond motifs is 2. The summed E-state index contributed by atoms with van der Waals surface area (Å²) in [4.78, 5) is 18.5. The number of nitrogens with two attached hydrogens (primary N) is 1. The molecule has 3 N–H and O–H groups in total. The summed E-state index contributed by atoms with van der Waals surface area (Å²) in [5, 5.41) is 20.4. The maximum atomic E-state index is 13.7. The molecule has 5 heterocycles. The van der Waals surface area contributed by atoms with Crippen molar-refractivity contribution in [3.05, 3.63) is 53.9 Å². The van der Waals surface area contributed by atoms with Gasteiger partial charge in [0.1, 0.15) is 12.2 Å². The van der Waals surface area contributed by atoms with Gasteiger partial charge >= 0.3 is 0 Å². The van der Waals surface area contributed by atoms with E-state index in [-0.39, 0.29) is 11.9 Å². The minimum Gasteiger partial charge on any atom is -0.493 e. The number of likely N-dealkylation sites (tertiary alicyclic amines) is 1. The first kappa shape index (κ1) is 25.7. The second-order valence-corrected chi connectivity index (χ2v) is 11.1. The highest BCUT2D eigenvalue weighted by molar-refractivity contribution is 5.95. The van der Waals surface area contributed by atoms with Crippen LogP contribution in [0.1, 0.15) is 18.2 Å². The highest BCUT2D eigenvalue weighted by Crippen LogP contribution is 2.33. The molecule has 3 aromatic rings. The van der Waals surface area contributed by atoms with Gasteiger partial charge in [0, 0.05) is 99.7 Å². The van der Waals surface area contributed by atoms with Crippen LogP contribution in [0.5, 0.6) is 5.88 Å². The van der Waals surface area contributed by atoms with Gasteiger partial charge in [0.25, 0.3) is 0 Å². The number of halogens is 1. The first-order chi connectivity index (χ1) is 18.9. The number of benzene rings is 1. The standard InChI is InChI=1S/C29H35FN8O/c1-19-14-37(27-6-2-20(12-31)29-24(27)5-7-28(39)34-29)16-23-15-36(10-11-38(19)23)22-4-3-21(33-13-22)8-9-35-17-25(30)26(32)18-35/h2-7,13,19,23,25-26H,8-11,14-18,32H2,1H3,(H,34,39)/t19-,23?,25?,26?/m0/s1. The van der Waals surface area contributed by atoms with Gasteiger partial charge in [-0.2, -0.15) is 5.26 Å². The molecule has 9 nitrogen and oxygen atoms in total. The molecule has 10 heteroatoms. The minimum atomic E-state index is -0.932. The Morgan fingerprint density at radius 3 is 2.64 bits per heavy atom. The van der Waals surface area contributed by atoms with Crippen molar-refractivity contribution in [2.24, 2.45) is 5.73 Å². The number of aromatic hydroxyl groups is 1. The lowest BCUT2D eigenvalue weighted by atomic mass is 10.0. The lowest BCUT2D eigenvalue weighted by Crippen LogP contribution is -2.65. The lowest BCUT2D eigenvalue weighted by molar-refractivity contribution is 0.108. The molecule has 6 rings (SSSR count). The smallest absolute Gasteiger partial charge is 0.211 e. The number of nitriles is 1. The normalized spacial score (nSPS) is 26.1. The third kappa shape index (κ3) is 5.10. The van der Waals surface area contributed by atoms with Crippen LogP contribution in [0.15, 0.2) is 42.6 Å². The SMILES string of the molecule is C[C@H]1CN(c2ccc(C#N)c3nc(O)ccc23)CC2CN(c3ccc(CCN4CC(N)C(F)C4)nc3)CCN21. The second-order valence-electron chi connectivity index (χ2n) is 11.1. The van der Waals surface area contributed by atoms with Gasteiger partial charge in [-0.25, -0.2) is 9.37 Å². The number of piperazine rings is 2. The highest BCUT2D eigenvalue weighted by Gasteiger charge is 2.37. The molecule has 0 spiro atoms. The molecule has 3 saturated heterocycles. The van der Waals surface area contributed by atoms with Crippen LogP contribution in [0, 0.1) is 11.3 Å². The Morgan fingerprint density at radius 2 is 1.90 bits per heavy atom. The number of nitrogens with zero attached hydrogens (tertiary/aromatic N) is 7. The molecule has 4 atom stereocenters. The molecule has 1 aromatic carbocycles. The van der Waals surface area contributed by atoms with E-state index in [0.29, 0.717) is 36.3 Å². The molecule has 39 heavy (non-hydrogen) atoms. The van der Waals surface area contributed by atoms with Crippen LogP contribution in [0.3, 0.4) is 0 Å². The third-order valence-electron chi connectivity index (χ3n) is 8.52. The van der Waals surface area contributed by atoms with Gasteiger partial charge in [-0.1, -0.05) is 0 Å². The van der Waals surface area contributed by atoms with Crippen LogP contribution >= 0.6 is 0 Å². The quantitative estimate of drug-likeness (QED) is 0.513. The summed E-state index contributed by atoms with van der Waals surface area (Å²) in [5.41, 5.74) is 10.00. The monoisotopic (exact) mass is 530 g/mol. The molecule has 3 aliphatic heterocycles. The van der Waals surface area contributed by atoms with Gasteiger partial charge in [0.15, 0.2) is 0 Å². The van der Waals surface area contributed by atoms with Crippen LogP contribution in [-0.4, -0.2) is 102 Å². The molecular weight excluding hydrogens is 495 g/mol. The van der Waals surface area contributed by atoms with E-state index in [1.165, 1.54) is 0 Å². The van der Waals surface area contributed by atoms with E-state index in [4.69, 9.17) is 10.7 Å². The van der Waals surface area contributed by atoms with E-state index < -0.39 is 6.17 Å². The first-order valence-corrected chi connectivity index (χ1v) is 13.7. The average Bonchev–Trinajstić information content (AvgIpc) is 3.27. The van der Waals surface area contributed by atoms with Gasteiger partial charge in [-0.3, -0.25) is 14.8 Å². The molecule has 2 aromatic heterocycles. The summed E-state index contributed by atoms with van der Waals surface area (Å²) >= 11 is 0. The fourth-order valence-electron chi connectivity index (χ4n) is 6.43. The Labute approximate surface area is 228 Å². The third-order valence-corrected chi connectivity index (χ3v) is 8.52. The summed E-state index contributed by atoms with van der Waals surface area (Å²) in [6.07, 6.45) is 1.82. The maximum absolute atomic E-state index is 13.7. The molecule has 0 aliphatic carbocycles. The average molecular weight is 531 g/mol. The molecule has 204 valence electrons. The number of hydrogen-bond donors (Lipinski definition) is 2. The molecule has 3 unspecified atom stereocenters. The predicted octanol–water partition coefficient (Wildman–Crippen LogP) is 2.13. The number of pyridine rings is 2. The van der Waals surface area contributed by atoms with E-state index in [1.807, 2.05) is 18.3 Å². The van der Waals surface area contributed by atoms with Crippen LogP contribution < -0.4 is 15.5 Å². The van der Waals surface area contributed by atoms with Crippen molar-refractivity contribution in [1.29, 1.82) is 5.26 Å². The van der Waals surface area contributed by atoms with Crippen LogP contribution in [-0.2, 0) is 6.42 Å². The van der Waals surface area contributed by atoms with Gasteiger partial charge < -0.3 is 20.6 Å². The Morgan fingerprint density at radius 1 is 1.05 bits per heavy atom. The van der Waals surface area contributed by atoms with Crippen LogP contribution in [0.25, 0.3) is 10.9 Å². The van der Waals surface area contributed by atoms with E-state index >= 15 is 0 Å². The Kier molecular flexibility index (Phi) is 6.97. The summed E-state index contributed by atoms with van der Waals surface area (Å²) in [7, 11) is 0. The molecular formula is C29H35FN8O. The van der Waals surface area contributed by atoms with E-state index in [0.717, 1.165) is 68.1 Å². The Bertz CT molecular complexity index is 1370. The van der Waals surface area contributed by atoms with Crippen molar-refractivity contribution in [2.75, 3.05) is 62.2 Å². The van der Waals surface area contributed by atoms with Gasteiger partial charge in [0.05, 0.1) is 23.0 Å². The molecule has 0 amide bonds. The van der Waals surface area contributed by atoms with Crippen LogP contribution in [0.2, 0.25) is 0 Å². The van der Waals surface area contributed by atoms with Crippen molar-refractivity contribution < 1.29 is 9.50 Å². The summed E-state index contributed by atoms with van der Waals surface area (Å²) in [6, 6.07) is 14.0. The van der Waals surface area contributed by atoms with Crippen molar-refractivity contribution in [1.82, 2.24) is 19.8 Å². The van der Waals surface area contributed by atoms with Gasteiger partial charge in [-0.05, 0) is 37.3 Å². The maximum Gasteiger partial charge on any atom is 0.211 e. The summed E-state index contributed by atoms with van der Waals surface area (Å²) < 4.78 is 13.7. The van der Waals surface area contributed by atoms with Crippen molar-refractivity contribution >= 4 is 22.3 Å².